The van der Waals surface area contributed by atoms with Crippen molar-refractivity contribution >= 4 is 5.91 Å². The lowest BCUT2D eigenvalue weighted by atomic mass is 10.1. The number of carbonyl (C=O) groups excluding carboxylic acids is 1. The van der Waals surface area contributed by atoms with Crippen LogP contribution < -0.4 is 5.73 Å². The van der Waals surface area contributed by atoms with Crippen molar-refractivity contribution < 1.29 is 4.79 Å². The summed E-state index contributed by atoms with van der Waals surface area (Å²) in [6.07, 6.45) is 4.69. The van der Waals surface area contributed by atoms with Crippen LogP contribution in [-0.4, -0.2) is 25.7 Å². The zero-order valence-electron chi connectivity index (χ0n) is 9.01. The van der Waals surface area contributed by atoms with Crippen LogP contribution >= 0.6 is 0 Å². The van der Waals surface area contributed by atoms with Gasteiger partial charge in [-0.15, -0.1) is 0 Å². The lowest BCUT2D eigenvalue weighted by molar-refractivity contribution is 0.0992. The molecule has 6 nitrogen and oxygen atoms in total. The molecule has 0 atom stereocenters. The van der Waals surface area contributed by atoms with Crippen molar-refractivity contribution in [2.45, 2.75) is 6.92 Å². The maximum atomic E-state index is 11.3. The number of carbonyl (C=O) groups is 1. The predicted octanol–water partition coefficient (Wildman–Crippen LogP) is 0.284. The van der Waals surface area contributed by atoms with Crippen molar-refractivity contribution in [2.75, 3.05) is 0 Å². The van der Waals surface area contributed by atoms with Gasteiger partial charge >= 0.3 is 0 Å². The zero-order chi connectivity index (χ0) is 11.7. The standard InChI is InChI=1S/C10H11N5O/c1-6-3-12-5-13-8(6)7-4-14-15(2)9(7)10(11)16/h3-5H,1-2H3,(H2,11,16). The first kappa shape index (κ1) is 10.3. The van der Waals surface area contributed by atoms with E-state index in [-0.39, 0.29) is 0 Å². The highest BCUT2D eigenvalue weighted by Gasteiger charge is 2.17. The van der Waals surface area contributed by atoms with Crippen molar-refractivity contribution in [1.29, 1.82) is 0 Å². The Morgan fingerprint density at radius 2 is 2.19 bits per heavy atom. The molecule has 0 fully saturated rings. The summed E-state index contributed by atoms with van der Waals surface area (Å²) < 4.78 is 1.44. The molecule has 0 aromatic carbocycles. The van der Waals surface area contributed by atoms with Gasteiger partial charge in [0, 0.05) is 13.2 Å². The second-order valence-corrected chi connectivity index (χ2v) is 3.45. The number of aryl methyl sites for hydroxylation is 2. The number of rotatable bonds is 2. The molecule has 0 bridgehead atoms. The summed E-state index contributed by atoms with van der Waals surface area (Å²) in [5.74, 6) is -0.520. The van der Waals surface area contributed by atoms with E-state index >= 15 is 0 Å². The molecule has 0 spiro atoms. The van der Waals surface area contributed by atoms with Crippen LogP contribution in [0, 0.1) is 6.92 Å². The van der Waals surface area contributed by atoms with Gasteiger partial charge in [0.05, 0.1) is 17.5 Å². The van der Waals surface area contributed by atoms with Gasteiger partial charge < -0.3 is 5.73 Å². The highest BCUT2D eigenvalue weighted by molar-refractivity contribution is 5.97. The van der Waals surface area contributed by atoms with Crippen LogP contribution in [0.1, 0.15) is 16.1 Å². The Balaban J connectivity index is 2.66. The molecule has 0 aliphatic heterocycles. The predicted molar refractivity (Wildman–Crippen MR) is 57.5 cm³/mol. The number of amides is 1. The molecule has 2 heterocycles. The molecule has 16 heavy (non-hydrogen) atoms. The zero-order valence-corrected chi connectivity index (χ0v) is 9.01. The molecule has 0 unspecified atom stereocenters. The fourth-order valence-electron chi connectivity index (χ4n) is 1.58. The quantitative estimate of drug-likeness (QED) is 0.782. The first-order chi connectivity index (χ1) is 7.61. The molecular weight excluding hydrogens is 206 g/mol. The first-order valence-electron chi connectivity index (χ1n) is 4.70. The topological polar surface area (TPSA) is 86.7 Å². The Morgan fingerprint density at radius 3 is 2.81 bits per heavy atom. The van der Waals surface area contributed by atoms with Crippen LogP contribution in [0.15, 0.2) is 18.7 Å². The van der Waals surface area contributed by atoms with Crippen LogP contribution in [0.25, 0.3) is 11.3 Å². The fraction of sp³-hybridized carbons (Fsp3) is 0.200. The van der Waals surface area contributed by atoms with Crippen LogP contribution in [-0.2, 0) is 7.05 Å². The summed E-state index contributed by atoms with van der Waals surface area (Å²) >= 11 is 0. The van der Waals surface area contributed by atoms with E-state index in [9.17, 15) is 4.79 Å². The molecule has 0 aliphatic carbocycles. The molecule has 1 amide bonds. The van der Waals surface area contributed by atoms with E-state index in [4.69, 9.17) is 5.73 Å². The molecular formula is C10H11N5O. The number of primary amides is 1. The van der Waals surface area contributed by atoms with Gasteiger partial charge in [0.1, 0.15) is 12.0 Å². The minimum absolute atomic E-state index is 0.349. The number of hydrogen-bond donors (Lipinski definition) is 1. The highest BCUT2D eigenvalue weighted by atomic mass is 16.1. The summed E-state index contributed by atoms with van der Waals surface area (Å²) in [6, 6.07) is 0. The van der Waals surface area contributed by atoms with E-state index < -0.39 is 5.91 Å². The molecule has 2 aromatic rings. The summed E-state index contributed by atoms with van der Waals surface area (Å²) in [7, 11) is 1.67. The van der Waals surface area contributed by atoms with E-state index in [0.717, 1.165) is 5.56 Å². The molecule has 2 aromatic heterocycles. The van der Waals surface area contributed by atoms with E-state index in [1.807, 2.05) is 6.92 Å². The third-order valence-corrected chi connectivity index (χ3v) is 2.32. The van der Waals surface area contributed by atoms with E-state index in [2.05, 4.69) is 15.1 Å². The van der Waals surface area contributed by atoms with Gasteiger partial charge in [0.2, 0.25) is 0 Å². The van der Waals surface area contributed by atoms with Gasteiger partial charge in [-0.2, -0.15) is 5.10 Å². The highest BCUT2D eigenvalue weighted by Crippen LogP contribution is 2.22. The lowest BCUT2D eigenvalue weighted by Gasteiger charge is -2.03. The molecule has 6 heteroatoms. The van der Waals surface area contributed by atoms with Gasteiger partial charge in [0.25, 0.3) is 5.91 Å². The van der Waals surface area contributed by atoms with Gasteiger partial charge in [-0.05, 0) is 12.5 Å². The average Bonchev–Trinajstić information content (AvgIpc) is 2.61. The second kappa shape index (κ2) is 3.73. The third kappa shape index (κ3) is 1.54. The summed E-state index contributed by atoms with van der Waals surface area (Å²) in [5.41, 5.74) is 7.84. The normalized spacial score (nSPS) is 10.4. The summed E-state index contributed by atoms with van der Waals surface area (Å²) in [5, 5.41) is 4.01. The lowest BCUT2D eigenvalue weighted by Crippen LogP contribution is -2.17. The van der Waals surface area contributed by atoms with Gasteiger partial charge in [-0.1, -0.05) is 0 Å². The van der Waals surface area contributed by atoms with Crippen LogP contribution in [0.3, 0.4) is 0 Å². The minimum atomic E-state index is -0.520. The van der Waals surface area contributed by atoms with E-state index in [0.29, 0.717) is 17.0 Å². The van der Waals surface area contributed by atoms with Gasteiger partial charge in [-0.3, -0.25) is 9.48 Å². The van der Waals surface area contributed by atoms with Gasteiger partial charge in [0.15, 0.2) is 0 Å². The monoisotopic (exact) mass is 217 g/mol. The SMILES string of the molecule is Cc1cncnc1-c1cnn(C)c1C(N)=O. The second-order valence-electron chi connectivity index (χ2n) is 3.45. The number of aromatic nitrogens is 4. The largest absolute Gasteiger partial charge is 0.364 e. The van der Waals surface area contributed by atoms with Gasteiger partial charge in [-0.25, -0.2) is 9.97 Å². The number of nitrogens with two attached hydrogens (primary N) is 1. The molecule has 0 radical (unpaired) electrons. The van der Waals surface area contributed by atoms with Crippen LogP contribution in [0.2, 0.25) is 0 Å². The molecule has 2 N–H and O–H groups in total. The summed E-state index contributed by atoms with van der Waals surface area (Å²) in [6.45, 7) is 1.87. The maximum Gasteiger partial charge on any atom is 0.267 e. The van der Waals surface area contributed by atoms with Crippen molar-refractivity contribution in [1.82, 2.24) is 19.7 Å². The minimum Gasteiger partial charge on any atom is -0.364 e. The molecule has 0 aliphatic rings. The number of nitrogens with zero attached hydrogens (tertiary/aromatic N) is 4. The fourth-order valence-corrected chi connectivity index (χ4v) is 1.58. The van der Waals surface area contributed by atoms with E-state index in [1.54, 1.807) is 19.4 Å². The third-order valence-electron chi connectivity index (χ3n) is 2.32. The Labute approximate surface area is 92.1 Å². The molecule has 0 saturated carbocycles. The average molecular weight is 217 g/mol. The Bertz CT molecular complexity index is 546. The Morgan fingerprint density at radius 1 is 1.44 bits per heavy atom. The number of hydrogen-bond acceptors (Lipinski definition) is 4. The van der Waals surface area contributed by atoms with Crippen LogP contribution in [0.4, 0.5) is 0 Å². The Hall–Kier alpha value is -2.24. The smallest absolute Gasteiger partial charge is 0.267 e. The Kier molecular flexibility index (Phi) is 2.40. The molecule has 0 saturated heterocycles. The van der Waals surface area contributed by atoms with Crippen LogP contribution in [0.5, 0.6) is 0 Å². The van der Waals surface area contributed by atoms with Crippen molar-refractivity contribution in [2.24, 2.45) is 12.8 Å². The van der Waals surface area contributed by atoms with Crippen molar-refractivity contribution in [3.05, 3.63) is 30.0 Å². The molecule has 2 rings (SSSR count). The van der Waals surface area contributed by atoms with Crippen molar-refractivity contribution in [3.8, 4) is 11.3 Å². The van der Waals surface area contributed by atoms with Crippen molar-refractivity contribution in [3.63, 3.8) is 0 Å². The first-order valence-corrected chi connectivity index (χ1v) is 4.70. The molecule has 82 valence electrons. The van der Waals surface area contributed by atoms with E-state index in [1.165, 1.54) is 11.0 Å². The maximum absolute atomic E-state index is 11.3. The summed E-state index contributed by atoms with van der Waals surface area (Å²) in [4.78, 5) is 19.3.